The Morgan fingerprint density at radius 3 is 2.95 bits per heavy atom. The first-order chi connectivity index (χ1) is 10.3. The van der Waals surface area contributed by atoms with Gasteiger partial charge < -0.3 is 14.8 Å². The second-order valence-corrected chi connectivity index (χ2v) is 5.14. The zero-order valence-corrected chi connectivity index (χ0v) is 12.0. The van der Waals surface area contributed by atoms with E-state index < -0.39 is 0 Å². The van der Waals surface area contributed by atoms with Crippen LogP contribution >= 0.6 is 0 Å². The average molecular weight is 289 g/mol. The van der Waals surface area contributed by atoms with Crippen LogP contribution in [0.25, 0.3) is 5.69 Å². The molecule has 1 aromatic carbocycles. The Morgan fingerprint density at radius 1 is 1.38 bits per heavy atom. The summed E-state index contributed by atoms with van der Waals surface area (Å²) in [5, 5.41) is 15.2. The Hall–Kier alpha value is -1.83. The highest BCUT2D eigenvalue weighted by Crippen LogP contribution is 2.21. The maximum absolute atomic E-state index is 5.59. The number of tetrazole rings is 1. The number of hydrogen-bond acceptors (Lipinski definition) is 6. The maximum atomic E-state index is 5.59. The molecule has 0 radical (unpaired) electrons. The highest BCUT2D eigenvalue weighted by atomic mass is 16.5. The van der Waals surface area contributed by atoms with E-state index in [-0.39, 0.29) is 5.60 Å². The first-order valence-electron chi connectivity index (χ1n) is 6.99. The van der Waals surface area contributed by atoms with Crippen molar-refractivity contribution in [2.45, 2.75) is 18.6 Å². The zero-order valence-electron chi connectivity index (χ0n) is 12.0. The lowest BCUT2D eigenvalue weighted by Gasteiger charge is -2.25. The van der Waals surface area contributed by atoms with Crippen LogP contribution < -0.4 is 5.32 Å². The normalized spacial score (nSPS) is 21.8. The highest BCUT2D eigenvalue weighted by Gasteiger charge is 2.34. The molecule has 0 bridgehead atoms. The van der Waals surface area contributed by atoms with Crippen LogP contribution in [0.5, 0.6) is 0 Å². The molecular formula is C14H19N5O2. The highest BCUT2D eigenvalue weighted by molar-refractivity contribution is 5.30. The first kappa shape index (κ1) is 14.1. The minimum absolute atomic E-state index is 0.231. The summed E-state index contributed by atoms with van der Waals surface area (Å²) in [5.41, 5.74) is 0.718. The van der Waals surface area contributed by atoms with E-state index in [1.165, 1.54) is 0 Å². The van der Waals surface area contributed by atoms with Crippen LogP contribution in [-0.2, 0) is 16.0 Å². The molecule has 0 saturated carbocycles. The maximum Gasteiger partial charge on any atom is 0.170 e. The van der Waals surface area contributed by atoms with Crippen LogP contribution in [0.3, 0.4) is 0 Å². The second kappa shape index (κ2) is 6.30. The largest absolute Gasteiger partial charge is 0.378 e. The van der Waals surface area contributed by atoms with Gasteiger partial charge in [0.15, 0.2) is 5.82 Å². The predicted octanol–water partition coefficient (Wildman–Crippen LogP) is 0.557. The van der Waals surface area contributed by atoms with Crippen molar-refractivity contribution < 1.29 is 9.47 Å². The molecule has 1 saturated heterocycles. The van der Waals surface area contributed by atoms with Crippen molar-refractivity contribution in [3.05, 3.63) is 36.2 Å². The lowest BCUT2D eigenvalue weighted by Crippen LogP contribution is -2.43. The van der Waals surface area contributed by atoms with Crippen molar-refractivity contribution in [2.75, 3.05) is 26.9 Å². The summed E-state index contributed by atoms with van der Waals surface area (Å²) in [4.78, 5) is 0. The first-order valence-corrected chi connectivity index (χ1v) is 6.99. The molecule has 1 unspecified atom stereocenters. The minimum Gasteiger partial charge on any atom is -0.378 e. The molecule has 1 N–H and O–H groups in total. The summed E-state index contributed by atoms with van der Waals surface area (Å²) in [6.45, 7) is 2.66. The Morgan fingerprint density at radius 2 is 2.24 bits per heavy atom. The molecule has 2 heterocycles. The Kier molecular flexibility index (Phi) is 4.23. The van der Waals surface area contributed by atoms with Crippen LogP contribution in [0.1, 0.15) is 12.2 Å². The third-order valence-electron chi connectivity index (χ3n) is 3.77. The summed E-state index contributed by atoms with van der Waals surface area (Å²) in [5.74, 6) is 0.770. The lowest BCUT2D eigenvalue weighted by molar-refractivity contribution is -0.0160. The number of hydrogen-bond donors (Lipinski definition) is 1. The van der Waals surface area contributed by atoms with E-state index in [2.05, 4.69) is 20.8 Å². The number of ether oxygens (including phenoxy) is 2. The Bertz CT molecular complexity index is 566. The summed E-state index contributed by atoms with van der Waals surface area (Å²) >= 11 is 0. The van der Waals surface area contributed by atoms with Crippen molar-refractivity contribution >= 4 is 0 Å². The van der Waals surface area contributed by atoms with E-state index in [9.17, 15) is 0 Å². The summed E-state index contributed by atoms with van der Waals surface area (Å²) < 4.78 is 12.7. The molecule has 1 aliphatic rings. The molecule has 1 aromatic heterocycles. The van der Waals surface area contributed by atoms with Crippen LogP contribution in [0.2, 0.25) is 0 Å². The van der Waals surface area contributed by atoms with Gasteiger partial charge in [-0.05, 0) is 22.6 Å². The van der Waals surface area contributed by atoms with E-state index in [1.807, 2.05) is 30.3 Å². The number of para-hydroxylation sites is 1. The molecule has 1 aliphatic heterocycles. The van der Waals surface area contributed by atoms with Gasteiger partial charge in [-0.3, -0.25) is 0 Å². The van der Waals surface area contributed by atoms with Crippen LogP contribution in [0, 0.1) is 0 Å². The molecule has 1 fully saturated rings. The van der Waals surface area contributed by atoms with Gasteiger partial charge in [-0.1, -0.05) is 18.2 Å². The van der Waals surface area contributed by atoms with Crippen molar-refractivity contribution in [1.29, 1.82) is 0 Å². The van der Waals surface area contributed by atoms with E-state index in [0.29, 0.717) is 19.7 Å². The zero-order chi connectivity index (χ0) is 14.5. The Labute approximate surface area is 123 Å². The predicted molar refractivity (Wildman–Crippen MR) is 76.0 cm³/mol. The molecule has 0 amide bonds. The minimum atomic E-state index is -0.231. The van der Waals surface area contributed by atoms with Gasteiger partial charge in [0.1, 0.15) is 5.60 Å². The summed E-state index contributed by atoms with van der Waals surface area (Å²) in [6, 6.07) is 9.84. The van der Waals surface area contributed by atoms with Crippen molar-refractivity contribution in [1.82, 2.24) is 25.5 Å². The lowest BCUT2D eigenvalue weighted by atomic mass is 10.0. The fourth-order valence-electron chi connectivity index (χ4n) is 2.45. The quantitative estimate of drug-likeness (QED) is 0.837. The number of rotatable bonds is 6. The standard InChI is InChI=1S/C14H19N5O2/c1-20-14(7-8-21-11-14)10-15-9-13-16-17-18-19(13)12-5-3-2-4-6-12/h2-6,15H,7-11H2,1H3. The molecule has 21 heavy (non-hydrogen) atoms. The topological polar surface area (TPSA) is 74.1 Å². The summed E-state index contributed by atoms with van der Waals surface area (Å²) in [7, 11) is 1.73. The molecular weight excluding hydrogens is 270 g/mol. The third-order valence-corrected chi connectivity index (χ3v) is 3.77. The van der Waals surface area contributed by atoms with E-state index in [0.717, 1.165) is 24.5 Å². The summed E-state index contributed by atoms with van der Waals surface area (Å²) in [6.07, 6.45) is 0.903. The number of methoxy groups -OCH3 is 1. The number of nitrogens with one attached hydrogen (secondary N) is 1. The molecule has 0 aliphatic carbocycles. The van der Waals surface area contributed by atoms with Gasteiger partial charge in [-0.25, -0.2) is 0 Å². The van der Waals surface area contributed by atoms with Gasteiger partial charge in [0.25, 0.3) is 0 Å². The van der Waals surface area contributed by atoms with Crippen molar-refractivity contribution in [3.8, 4) is 5.69 Å². The van der Waals surface area contributed by atoms with Gasteiger partial charge in [0.05, 0.1) is 18.8 Å². The van der Waals surface area contributed by atoms with E-state index in [1.54, 1.807) is 11.8 Å². The molecule has 7 heteroatoms. The monoisotopic (exact) mass is 289 g/mol. The van der Waals surface area contributed by atoms with Gasteiger partial charge >= 0.3 is 0 Å². The third kappa shape index (κ3) is 3.10. The van der Waals surface area contributed by atoms with Crippen molar-refractivity contribution in [2.24, 2.45) is 0 Å². The molecule has 1 atom stereocenters. The van der Waals surface area contributed by atoms with Crippen molar-refractivity contribution in [3.63, 3.8) is 0 Å². The molecule has 112 valence electrons. The van der Waals surface area contributed by atoms with E-state index in [4.69, 9.17) is 9.47 Å². The number of benzene rings is 1. The van der Waals surface area contributed by atoms with Gasteiger partial charge in [-0.15, -0.1) is 5.10 Å². The van der Waals surface area contributed by atoms with Gasteiger partial charge in [0.2, 0.25) is 0 Å². The van der Waals surface area contributed by atoms with Crippen LogP contribution in [0.15, 0.2) is 30.3 Å². The SMILES string of the molecule is COC1(CNCc2nnnn2-c2ccccc2)CCOC1. The fraction of sp³-hybridized carbons (Fsp3) is 0.500. The van der Waals surface area contributed by atoms with Crippen LogP contribution in [-0.4, -0.2) is 52.7 Å². The molecule has 3 rings (SSSR count). The Balaban J connectivity index is 1.63. The van der Waals surface area contributed by atoms with Gasteiger partial charge in [-0.2, -0.15) is 4.68 Å². The van der Waals surface area contributed by atoms with E-state index >= 15 is 0 Å². The van der Waals surface area contributed by atoms with Gasteiger partial charge in [0, 0.05) is 26.7 Å². The number of nitrogens with zero attached hydrogens (tertiary/aromatic N) is 4. The number of aromatic nitrogens is 4. The average Bonchev–Trinajstić information content (AvgIpc) is 3.18. The second-order valence-electron chi connectivity index (χ2n) is 5.14. The molecule has 0 spiro atoms. The smallest absolute Gasteiger partial charge is 0.170 e. The van der Waals surface area contributed by atoms with Crippen LogP contribution in [0.4, 0.5) is 0 Å². The molecule has 2 aromatic rings. The molecule has 7 nitrogen and oxygen atoms in total. The fourth-order valence-corrected chi connectivity index (χ4v) is 2.45.